The van der Waals surface area contributed by atoms with Crippen molar-refractivity contribution >= 4 is 55.2 Å². The summed E-state index contributed by atoms with van der Waals surface area (Å²) in [4.78, 5) is 34.8. The molecule has 2 aromatic carbocycles. The fourth-order valence-electron chi connectivity index (χ4n) is 3.90. The molecular weight excluding hydrogens is 462 g/mol. The van der Waals surface area contributed by atoms with Gasteiger partial charge in [-0.05, 0) is 30.7 Å². The van der Waals surface area contributed by atoms with Crippen molar-refractivity contribution < 1.29 is 13.9 Å². The Morgan fingerprint density at radius 2 is 2.00 bits per heavy atom. The summed E-state index contributed by atoms with van der Waals surface area (Å²) in [5.41, 5.74) is 1.88. The molecule has 0 saturated carbocycles. The summed E-state index contributed by atoms with van der Waals surface area (Å²) in [5, 5.41) is 1.56. The van der Waals surface area contributed by atoms with E-state index < -0.39 is 5.91 Å². The number of halogens is 1. The number of aryl methyl sites for hydroxylation is 1. The van der Waals surface area contributed by atoms with E-state index in [2.05, 4.69) is 4.90 Å². The molecule has 1 fully saturated rings. The number of aromatic nitrogens is 1. The van der Waals surface area contributed by atoms with E-state index in [9.17, 15) is 9.59 Å². The predicted octanol–water partition coefficient (Wildman–Crippen LogP) is 4.34. The molecule has 0 spiro atoms. The van der Waals surface area contributed by atoms with Crippen LogP contribution in [0, 0.1) is 6.92 Å². The Labute approximate surface area is 199 Å². The third kappa shape index (κ3) is 4.39. The molecule has 3 heterocycles. The molecule has 7 nitrogen and oxygen atoms in total. The van der Waals surface area contributed by atoms with E-state index in [4.69, 9.17) is 25.7 Å². The van der Waals surface area contributed by atoms with E-state index in [-0.39, 0.29) is 11.2 Å². The molecule has 1 saturated heterocycles. The Hall–Kier alpha value is -2.78. The minimum absolute atomic E-state index is 0.0113. The number of carbonyl (C=O) groups excluding carboxylic acids is 1. The normalized spacial score (nSPS) is 14.7. The van der Waals surface area contributed by atoms with Crippen molar-refractivity contribution in [3.63, 3.8) is 0 Å². The van der Waals surface area contributed by atoms with Gasteiger partial charge in [0, 0.05) is 32.2 Å². The number of carbonyl (C=O) groups is 1. The summed E-state index contributed by atoms with van der Waals surface area (Å²) in [5.74, 6) is -0.415. The van der Waals surface area contributed by atoms with Crippen LogP contribution in [0.15, 0.2) is 51.7 Å². The van der Waals surface area contributed by atoms with Crippen LogP contribution in [0.2, 0.25) is 5.02 Å². The predicted molar refractivity (Wildman–Crippen MR) is 131 cm³/mol. The second kappa shape index (κ2) is 9.23. The van der Waals surface area contributed by atoms with Crippen molar-refractivity contribution in [3.05, 3.63) is 69.0 Å². The monoisotopic (exact) mass is 483 g/mol. The van der Waals surface area contributed by atoms with Gasteiger partial charge >= 0.3 is 0 Å². The van der Waals surface area contributed by atoms with Crippen molar-refractivity contribution in [1.82, 2.24) is 9.88 Å². The van der Waals surface area contributed by atoms with E-state index in [1.807, 2.05) is 19.1 Å². The lowest BCUT2D eigenvalue weighted by atomic mass is 10.2. The summed E-state index contributed by atoms with van der Waals surface area (Å²) in [6.07, 6.45) is 0. The number of benzene rings is 2. The zero-order valence-electron chi connectivity index (χ0n) is 18.0. The fourth-order valence-corrected chi connectivity index (χ4v) is 5.24. The fraction of sp³-hybridized carbons (Fsp3) is 0.292. The van der Waals surface area contributed by atoms with Crippen molar-refractivity contribution in [1.29, 1.82) is 0 Å². The van der Waals surface area contributed by atoms with Crippen LogP contribution in [0.3, 0.4) is 0 Å². The largest absolute Gasteiger partial charge is 0.451 e. The number of anilines is 1. The lowest BCUT2D eigenvalue weighted by molar-refractivity contribution is 0.0390. The van der Waals surface area contributed by atoms with Crippen LogP contribution in [0.1, 0.15) is 16.1 Å². The van der Waals surface area contributed by atoms with Crippen LogP contribution < -0.4 is 10.3 Å². The maximum absolute atomic E-state index is 13.6. The molecule has 0 N–H and O–H groups in total. The number of amides is 1. The maximum Gasteiger partial charge on any atom is 0.295 e. The highest BCUT2D eigenvalue weighted by atomic mass is 35.5. The van der Waals surface area contributed by atoms with Crippen LogP contribution in [-0.2, 0) is 4.74 Å². The van der Waals surface area contributed by atoms with E-state index >= 15 is 0 Å². The zero-order chi connectivity index (χ0) is 22.9. The molecular formula is C24H22ClN3O4S. The molecule has 0 bridgehead atoms. The van der Waals surface area contributed by atoms with Gasteiger partial charge in [0.15, 0.2) is 16.3 Å². The maximum atomic E-state index is 13.6. The number of hydrogen-bond donors (Lipinski definition) is 0. The van der Waals surface area contributed by atoms with Crippen LogP contribution in [0.25, 0.3) is 21.2 Å². The molecule has 33 heavy (non-hydrogen) atoms. The average Bonchev–Trinajstić information content (AvgIpc) is 3.29. The van der Waals surface area contributed by atoms with Gasteiger partial charge < -0.3 is 9.15 Å². The highest BCUT2D eigenvalue weighted by Gasteiger charge is 2.26. The van der Waals surface area contributed by atoms with E-state index in [1.54, 1.807) is 29.2 Å². The zero-order valence-corrected chi connectivity index (χ0v) is 19.6. The Morgan fingerprint density at radius 1 is 1.21 bits per heavy atom. The Morgan fingerprint density at radius 3 is 2.79 bits per heavy atom. The van der Waals surface area contributed by atoms with Crippen molar-refractivity contribution in [2.24, 2.45) is 0 Å². The first kappa shape index (κ1) is 22.0. The molecule has 0 atom stereocenters. The first-order chi connectivity index (χ1) is 16.0. The second-order valence-electron chi connectivity index (χ2n) is 7.92. The summed E-state index contributed by atoms with van der Waals surface area (Å²) in [6, 6.07) is 11.9. The van der Waals surface area contributed by atoms with Gasteiger partial charge in [-0.2, -0.15) is 0 Å². The Kier molecular flexibility index (Phi) is 6.16. The lowest BCUT2D eigenvalue weighted by Crippen LogP contribution is -2.43. The highest BCUT2D eigenvalue weighted by Crippen LogP contribution is 2.36. The van der Waals surface area contributed by atoms with Crippen molar-refractivity contribution in [2.75, 3.05) is 44.3 Å². The topological polar surface area (TPSA) is 75.9 Å². The molecule has 1 aliphatic rings. The number of morpholine rings is 1. The number of nitrogens with zero attached hydrogens (tertiary/aromatic N) is 3. The number of thiazole rings is 1. The molecule has 170 valence electrons. The van der Waals surface area contributed by atoms with Gasteiger partial charge in [0.1, 0.15) is 5.58 Å². The molecule has 0 radical (unpaired) electrons. The van der Waals surface area contributed by atoms with Gasteiger partial charge in [-0.1, -0.05) is 41.1 Å². The van der Waals surface area contributed by atoms with Gasteiger partial charge in [0.2, 0.25) is 0 Å². The van der Waals surface area contributed by atoms with Gasteiger partial charge in [0.25, 0.3) is 5.91 Å². The quantitative estimate of drug-likeness (QED) is 0.420. The molecule has 1 amide bonds. The Balaban J connectivity index is 1.54. The third-order valence-electron chi connectivity index (χ3n) is 5.75. The Bertz CT molecular complexity index is 1350. The lowest BCUT2D eigenvalue weighted by Gasteiger charge is -2.29. The molecule has 5 rings (SSSR count). The minimum Gasteiger partial charge on any atom is -0.451 e. The number of para-hydroxylation sites is 1. The van der Waals surface area contributed by atoms with Crippen LogP contribution in [0.4, 0.5) is 5.13 Å². The van der Waals surface area contributed by atoms with Crippen molar-refractivity contribution in [3.8, 4) is 0 Å². The standard InChI is InChI=1S/C24H22ClN3O4S/c1-15-6-7-17(25)22-21(15)26-24(33-22)28(9-8-27-10-12-31-13-11-27)23(30)20-14-18(29)16-4-2-3-5-19(16)32-20/h2-7,14H,8-13H2,1H3. The first-order valence-corrected chi connectivity index (χ1v) is 11.9. The summed E-state index contributed by atoms with van der Waals surface area (Å²) in [6.45, 7) is 5.95. The summed E-state index contributed by atoms with van der Waals surface area (Å²) < 4.78 is 12.1. The summed E-state index contributed by atoms with van der Waals surface area (Å²) >= 11 is 7.78. The molecule has 1 aliphatic heterocycles. The number of rotatable bonds is 5. The second-order valence-corrected chi connectivity index (χ2v) is 9.31. The van der Waals surface area contributed by atoms with Gasteiger partial charge in [-0.25, -0.2) is 4.98 Å². The van der Waals surface area contributed by atoms with E-state index in [1.165, 1.54) is 17.4 Å². The number of ether oxygens (including phenoxy) is 1. The molecule has 4 aromatic rings. The third-order valence-corrected chi connectivity index (χ3v) is 7.29. The summed E-state index contributed by atoms with van der Waals surface area (Å²) in [7, 11) is 0. The molecule has 0 unspecified atom stereocenters. The molecule has 9 heteroatoms. The van der Waals surface area contributed by atoms with Gasteiger partial charge in [-0.15, -0.1) is 0 Å². The van der Waals surface area contributed by atoms with Crippen LogP contribution in [-0.4, -0.2) is 55.2 Å². The number of hydrogen-bond acceptors (Lipinski definition) is 7. The average molecular weight is 484 g/mol. The molecule has 0 aliphatic carbocycles. The SMILES string of the molecule is Cc1ccc(Cl)c2sc(N(CCN3CCOCC3)C(=O)c3cc(=O)c4ccccc4o3)nc12. The van der Waals surface area contributed by atoms with Gasteiger partial charge in [-0.3, -0.25) is 19.4 Å². The van der Waals surface area contributed by atoms with Crippen LogP contribution >= 0.6 is 22.9 Å². The number of fused-ring (bicyclic) bond motifs is 2. The van der Waals surface area contributed by atoms with E-state index in [0.29, 0.717) is 47.4 Å². The van der Waals surface area contributed by atoms with Gasteiger partial charge in [0.05, 0.1) is 33.8 Å². The highest BCUT2D eigenvalue weighted by molar-refractivity contribution is 7.23. The minimum atomic E-state index is -0.404. The van der Waals surface area contributed by atoms with E-state index in [0.717, 1.165) is 28.9 Å². The smallest absolute Gasteiger partial charge is 0.295 e. The molecule has 2 aromatic heterocycles. The van der Waals surface area contributed by atoms with Crippen molar-refractivity contribution in [2.45, 2.75) is 6.92 Å². The van der Waals surface area contributed by atoms with Crippen LogP contribution in [0.5, 0.6) is 0 Å². The first-order valence-electron chi connectivity index (χ1n) is 10.7.